The molecule has 0 aromatic heterocycles. The number of hydrogen-bond donors (Lipinski definition) is 2. The van der Waals surface area contributed by atoms with Crippen molar-refractivity contribution in [1.29, 1.82) is 0 Å². The second-order valence-corrected chi connectivity index (χ2v) is 3.45. The predicted molar refractivity (Wildman–Crippen MR) is 46.0 cm³/mol. The molecule has 1 aliphatic heterocycles. The lowest BCUT2D eigenvalue weighted by Gasteiger charge is -2.13. The summed E-state index contributed by atoms with van der Waals surface area (Å²) in [6.07, 6.45) is 2.62. The van der Waals surface area contributed by atoms with Crippen molar-refractivity contribution in [2.75, 3.05) is 26.2 Å². The summed E-state index contributed by atoms with van der Waals surface area (Å²) in [4.78, 5) is 12.9. The lowest BCUT2D eigenvalue weighted by molar-refractivity contribution is 0.217. The Morgan fingerprint density at radius 1 is 1.58 bits per heavy atom. The summed E-state index contributed by atoms with van der Waals surface area (Å²) in [5, 5.41) is 6.16. The highest BCUT2D eigenvalue weighted by Crippen LogP contribution is 2.17. The first-order valence-corrected chi connectivity index (χ1v) is 4.62. The van der Waals surface area contributed by atoms with Crippen LogP contribution in [0, 0.1) is 0 Å². The summed E-state index contributed by atoms with van der Waals surface area (Å²) >= 11 is 0. The van der Waals surface area contributed by atoms with Crippen LogP contribution in [0.2, 0.25) is 0 Å². The Bertz CT molecular complexity index is 179. The van der Waals surface area contributed by atoms with Crippen LogP contribution in [0.4, 0.5) is 4.79 Å². The summed E-state index contributed by atoms with van der Waals surface area (Å²) in [5.74, 6) is 0. The van der Waals surface area contributed by atoms with Crippen molar-refractivity contribution in [3.63, 3.8) is 0 Å². The van der Waals surface area contributed by atoms with Gasteiger partial charge >= 0.3 is 6.03 Å². The van der Waals surface area contributed by atoms with Gasteiger partial charge in [-0.15, -0.1) is 0 Å². The normalized spacial score (nSPS) is 23.0. The third kappa shape index (κ3) is 1.88. The minimum absolute atomic E-state index is 0.0904. The minimum atomic E-state index is 0.0904. The molecule has 2 rings (SSSR count). The average molecular weight is 169 g/mol. The zero-order valence-electron chi connectivity index (χ0n) is 7.18. The van der Waals surface area contributed by atoms with Crippen molar-refractivity contribution in [3.8, 4) is 0 Å². The molecule has 0 unspecified atom stereocenters. The maximum Gasteiger partial charge on any atom is 0.317 e. The van der Waals surface area contributed by atoms with Gasteiger partial charge in [0.05, 0.1) is 0 Å². The van der Waals surface area contributed by atoms with Crippen molar-refractivity contribution >= 4 is 6.03 Å². The van der Waals surface area contributed by atoms with E-state index in [4.69, 9.17) is 0 Å². The van der Waals surface area contributed by atoms with E-state index >= 15 is 0 Å². The Labute approximate surface area is 72.3 Å². The fourth-order valence-corrected chi connectivity index (χ4v) is 1.42. The topological polar surface area (TPSA) is 44.4 Å². The van der Waals surface area contributed by atoms with Crippen LogP contribution < -0.4 is 10.6 Å². The van der Waals surface area contributed by atoms with Gasteiger partial charge in [0.2, 0.25) is 0 Å². The van der Waals surface area contributed by atoms with Gasteiger partial charge < -0.3 is 15.5 Å². The molecule has 0 radical (unpaired) electrons. The number of nitrogens with one attached hydrogen (secondary N) is 2. The Hall–Kier alpha value is -0.770. The Balaban J connectivity index is 1.61. The van der Waals surface area contributed by atoms with Crippen LogP contribution in [0.5, 0.6) is 0 Å². The second-order valence-electron chi connectivity index (χ2n) is 3.45. The molecule has 1 saturated heterocycles. The molecule has 0 aromatic carbocycles. The van der Waals surface area contributed by atoms with E-state index < -0.39 is 0 Å². The van der Waals surface area contributed by atoms with Crippen LogP contribution in [0.25, 0.3) is 0 Å². The van der Waals surface area contributed by atoms with Crippen LogP contribution in [0.3, 0.4) is 0 Å². The van der Waals surface area contributed by atoms with E-state index in [9.17, 15) is 4.79 Å². The van der Waals surface area contributed by atoms with Crippen LogP contribution in [-0.4, -0.2) is 43.2 Å². The molecule has 4 nitrogen and oxygen atoms in total. The zero-order valence-corrected chi connectivity index (χ0v) is 7.18. The zero-order chi connectivity index (χ0) is 8.39. The van der Waals surface area contributed by atoms with Gasteiger partial charge in [0.15, 0.2) is 0 Å². The molecule has 0 atom stereocenters. The lowest BCUT2D eigenvalue weighted by Crippen LogP contribution is -2.35. The number of carbonyl (C=O) groups is 1. The number of nitrogens with zero attached hydrogens (tertiary/aromatic N) is 1. The van der Waals surface area contributed by atoms with Crippen molar-refractivity contribution in [3.05, 3.63) is 0 Å². The number of urea groups is 1. The van der Waals surface area contributed by atoms with E-state index in [0.717, 1.165) is 32.2 Å². The smallest absolute Gasteiger partial charge is 0.317 e. The Kier molecular flexibility index (Phi) is 2.17. The van der Waals surface area contributed by atoms with E-state index in [1.165, 1.54) is 12.8 Å². The van der Waals surface area contributed by atoms with Crippen molar-refractivity contribution < 1.29 is 4.79 Å². The average Bonchev–Trinajstić information content (AvgIpc) is 2.78. The maximum absolute atomic E-state index is 11.1. The quantitative estimate of drug-likeness (QED) is 0.610. The highest BCUT2D eigenvalue weighted by molar-refractivity contribution is 5.76. The van der Waals surface area contributed by atoms with E-state index in [-0.39, 0.29) is 6.03 Å². The van der Waals surface area contributed by atoms with E-state index in [1.54, 1.807) is 0 Å². The molecule has 2 amide bonds. The van der Waals surface area contributed by atoms with Crippen molar-refractivity contribution in [2.45, 2.75) is 18.9 Å². The number of carbonyl (C=O) groups excluding carboxylic acids is 1. The van der Waals surface area contributed by atoms with Gasteiger partial charge in [-0.05, 0) is 12.8 Å². The Morgan fingerprint density at radius 3 is 3.00 bits per heavy atom. The van der Waals surface area contributed by atoms with E-state index in [0.29, 0.717) is 0 Å². The number of amides is 2. The minimum Gasteiger partial charge on any atom is -0.336 e. The molecule has 68 valence electrons. The SMILES string of the molecule is O=C1NCCN1CCNC1CC1. The van der Waals surface area contributed by atoms with Crippen LogP contribution in [0.15, 0.2) is 0 Å². The van der Waals surface area contributed by atoms with Gasteiger partial charge in [0.25, 0.3) is 0 Å². The van der Waals surface area contributed by atoms with Crippen LogP contribution in [0.1, 0.15) is 12.8 Å². The summed E-state index contributed by atoms with van der Waals surface area (Å²) < 4.78 is 0. The molecule has 12 heavy (non-hydrogen) atoms. The van der Waals surface area contributed by atoms with Crippen molar-refractivity contribution in [2.24, 2.45) is 0 Å². The number of rotatable bonds is 4. The number of hydrogen-bond acceptors (Lipinski definition) is 2. The van der Waals surface area contributed by atoms with Gasteiger partial charge in [-0.3, -0.25) is 0 Å². The monoisotopic (exact) mass is 169 g/mol. The molecule has 1 aliphatic carbocycles. The third-order valence-corrected chi connectivity index (χ3v) is 2.34. The fraction of sp³-hybridized carbons (Fsp3) is 0.875. The van der Waals surface area contributed by atoms with Gasteiger partial charge in [0, 0.05) is 32.2 Å². The molecule has 4 heteroatoms. The second kappa shape index (κ2) is 3.31. The van der Waals surface area contributed by atoms with Gasteiger partial charge in [-0.25, -0.2) is 4.79 Å². The van der Waals surface area contributed by atoms with Gasteiger partial charge in [0.1, 0.15) is 0 Å². The van der Waals surface area contributed by atoms with Crippen LogP contribution in [-0.2, 0) is 0 Å². The standard InChI is InChI=1S/C8H15N3O/c12-8-10-4-6-11(8)5-3-9-7-1-2-7/h7,9H,1-6H2,(H,10,12). The fourth-order valence-electron chi connectivity index (χ4n) is 1.42. The van der Waals surface area contributed by atoms with Gasteiger partial charge in [-0.2, -0.15) is 0 Å². The summed E-state index contributed by atoms with van der Waals surface area (Å²) in [6, 6.07) is 0.836. The molecule has 2 fully saturated rings. The first-order chi connectivity index (χ1) is 5.86. The molecule has 1 saturated carbocycles. The largest absolute Gasteiger partial charge is 0.336 e. The summed E-state index contributed by atoms with van der Waals surface area (Å²) in [6.45, 7) is 3.47. The highest BCUT2D eigenvalue weighted by atomic mass is 16.2. The third-order valence-electron chi connectivity index (χ3n) is 2.34. The first kappa shape index (κ1) is 7.86. The molecular weight excluding hydrogens is 154 g/mol. The highest BCUT2D eigenvalue weighted by Gasteiger charge is 2.22. The van der Waals surface area contributed by atoms with E-state index in [2.05, 4.69) is 10.6 Å². The molecule has 1 heterocycles. The lowest BCUT2D eigenvalue weighted by atomic mass is 10.5. The summed E-state index contributed by atoms with van der Waals surface area (Å²) in [7, 11) is 0. The molecule has 0 bridgehead atoms. The summed E-state index contributed by atoms with van der Waals surface area (Å²) in [5.41, 5.74) is 0. The van der Waals surface area contributed by atoms with E-state index in [1.807, 2.05) is 4.90 Å². The molecule has 2 aliphatic rings. The predicted octanol–water partition coefficient (Wildman–Crippen LogP) is -0.236. The Morgan fingerprint density at radius 2 is 2.42 bits per heavy atom. The van der Waals surface area contributed by atoms with Crippen LogP contribution >= 0.6 is 0 Å². The molecule has 2 N–H and O–H groups in total. The molecule has 0 spiro atoms. The van der Waals surface area contributed by atoms with Gasteiger partial charge in [-0.1, -0.05) is 0 Å². The first-order valence-electron chi connectivity index (χ1n) is 4.62. The van der Waals surface area contributed by atoms with Crippen molar-refractivity contribution in [1.82, 2.24) is 15.5 Å². The molecule has 0 aromatic rings. The molecular formula is C8H15N3O. The maximum atomic E-state index is 11.1.